The van der Waals surface area contributed by atoms with Crippen molar-refractivity contribution >= 4 is 28.5 Å². The fourth-order valence-corrected chi connectivity index (χ4v) is 5.57. The summed E-state index contributed by atoms with van der Waals surface area (Å²) < 4.78 is 5.51. The number of nitrogens with zero attached hydrogens (tertiary/aromatic N) is 2. The molecule has 1 N–H and O–H groups in total. The zero-order valence-electron chi connectivity index (χ0n) is 17.2. The number of thiophene rings is 1. The zero-order valence-corrected chi connectivity index (χ0v) is 18.0. The first kappa shape index (κ1) is 20.6. The van der Waals surface area contributed by atoms with Crippen molar-refractivity contribution in [1.29, 1.82) is 5.26 Å². The molecule has 0 saturated heterocycles. The maximum atomic E-state index is 13.2. The number of aryl methyl sites for hydroxylation is 1. The lowest BCUT2D eigenvalue weighted by Crippen LogP contribution is -2.36. The van der Waals surface area contributed by atoms with E-state index in [0.717, 1.165) is 48.2 Å². The fourth-order valence-electron chi connectivity index (χ4n) is 4.34. The lowest BCUT2D eigenvalue weighted by molar-refractivity contribution is 0.0927. The Morgan fingerprint density at radius 3 is 2.83 bits per heavy atom. The Labute approximate surface area is 181 Å². The molecule has 1 fully saturated rings. The number of aliphatic imine (C=N–C) groups is 1. The van der Waals surface area contributed by atoms with Crippen molar-refractivity contribution in [2.24, 2.45) is 4.99 Å². The van der Waals surface area contributed by atoms with Crippen LogP contribution in [0.15, 0.2) is 29.3 Å². The standard InChI is InChI=1S/C24H27N3O2S/c25-14-15-29-20-12-6-4-8-17(20)16-26-24-22(19-11-5-7-13-21(19)30-24)23(28)27-18-9-2-1-3-10-18/h4,6,8,12,16,18H,1-3,5,7,9-11,13,15H2,(H,27,28). The molecule has 2 aliphatic rings. The van der Waals surface area contributed by atoms with E-state index < -0.39 is 0 Å². The Balaban J connectivity index is 1.62. The molecule has 1 aromatic heterocycles. The van der Waals surface area contributed by atoms with E-state index in [2.05, 4.69) is 5.32 Å². The van der Waals surface area contributed by atoms with E-state index >= 15 is 0 Å². The van der Waals surface area contributed by atoms with E-state index in [-0.39, 0.29) is 18.6 Å². The molecule has 1 heterocycles. The van der Waals surface area contributed by atoms with Gasteiger partial charge in [-0.05, 0) is 56.2 Å². The molecule has 2 aromatic rings. The highest BCUT2D eigenvalue weighted by atomic mass is 32.1. The minimum absolute atomic E-state index is 0.00675. The Bertz CT molecular complexity index is 967. The Kier molecular flexibility index (Phi) is 6.81. The highest BCUT2D eigenvalue weighted by Gasteiger charge is 2.27. The number of nitriles is 1. The number of rotatable bonds is 6. The van der Waals surface area contributed by atoms with Crippen LogP contribution in [0.1, 0.15) is 71.3 Å². The van der Waals surface area contributed by atoms with Gasteiger partial charge in [0.25, 0.3) is 5.91 Å². The maximum absolute atomic E-state index is 13.2. The van der Waals surface area contributed by atoms with E-state index in [1.165, 1.54) is 36.1 Å². The Morgan fingerprint density at radius 2 is 2.00 bits per heavy atom. The average Bonchev–Trinajstić information content (AvgIpc) is 3.16. The van der Waals surface area contributed by atoms with Gasteiger partial charge in [0.05, 0.1) is 5.56 Å². The highest BCUT2D eigenvalue weighted by Crippen LogP contribution is 2.40. The summed E-state index contributed by atoms with van der Waals surface area (Å²) in [5.74, 6) is 0.653. The number of para-hydroxylation sites is 1. The third kappa shape index (κ3) is 4.73. The van der Waals surface area contributed by atoms with Crippen LogP contribution in [0.3, 0.4) is 0 Å². The van der Waals surface area contributed by atoms with E-state index in [0.29, 0.717) is 5.75 Å². The van der Waals surface area contributed by atoms with Crippen LogP contribution in [-0.4, -0.2) is 24.8 Å². The molecule has 0 unspecified atom stereocenters. The normalized spacial score (nSPS) is 16.8. The molecule has 0 radical (unpaired) electrons. The SMILES string of the molecule is N#CCOc1ccccc1C=Nc1sc2c(c1C(=O)NC1CCCCC1)CCCC2. The van der Waals surface area contributed by atoms with Gasteiger partial charge in [0, 0.05) is 22.7 Å². The van der Waals surface area contributed by atoms with Crippen molar-refractivity contribution in [2.45, 2.75) is 63.8 Å². The number of fused-ring (bicyclic) bond motifs is 1. The van der Waals surface area contributed by atoms with Gasteiger partial charge in [-0.2, -0.15) is 5.26 Å². The van der Waals surface area contributed by atoms with Gasteiger partial charge in [-0.3, -0.25) is 4.79 Å². The van der Waals surface area contributed by atoms with Crippen molar-refractivity contribution in [3.8, 4) is 11.8 Å². The molecule has 5 nitrogen and oxygen atoms in total. The summed E-state index contributed by atoms with van der Waals surface area (Å²) >= 11 is 1.64. The van der Waals surface area contributed by atoms with E-state index in [4.69, 9.17) is 15.0 Å². The minimum Gasteiger partial charge on any atom is -0.478 e. The second-order valence-electron chi connectivity index (χ2n) is 7.94. The first-order valence-corrected chi connectivity index (χ1v) is 11.7. The van der Waals surface area contributed by atoms with Crippen molar-refractivity contribution in [3.63, 3.8) is 0 Å². The predicted octanol–water partition coefficient (Wildman–Crippen LogP) is 5.34. The lowest BCUT2D eigenvalue weighted by Gasteiger charge is -2.23. The number of amides is 1. The summed E-state index contributed by atoms with van der Waals surface area (Å²) in [7, 11) is 0. The van der Waals surface area contributed by atoms with Gasteiger partial charge >= 0.3 is 0 Å². The Hall–Kier alpha value is -2.65. The molecule has 6 heteroatoms. The van der Waals surface area contributed by atoms with E-state index in [9.17, 15) is 4.79 Å². The molecular formula is C24H27N3O2S. The molecule has 0 bridgehead atoms. The quantitative estimate of drug-likeness (QED) is 0.640. The molecule has 1 aromatic carbocycles. The van der Waals surface area contributed by atoms with Crippen LogP contribution in [0.2, 0.25) is 0 Å². The molecule has 30 heavy (non-hydrogen) atoms. The summed E-state index contributed by atoms with van der Waals surface area (Å²) in [6.07, 6.45) is 11.8. The van der Waals surface area contributed by atoms with Gasteiger partial charge < -0.3 is 10.1 Å². The van der Waals surface area contributed by atoms with Crippen LogP contribution >= 0.6 is 11.3 Å². The van der Waals surface area contributed by atoms with Crippen molar-refractivity contribution in [3.05, 3.63) is 45.8 Å². The van der Waals surface area contributed by atoms with Crippen LogP contribution in [0.25, 0.3) is 0 Å². The Morgan fingerprint density at radius 1 is 1.20 bits per heavy atom. The average molecular weight is 422 g/mol. The smallest absolute Gasteiger partial charge is 0.254 e. The third-order valence-electron chi connectivity index (χ3n) is 5.85. The van der Waals surface area contributed by atoms with Crippen LogP contribution in [-0.2, 0) is 12.8 Å². The summed E-state index contributed by atoms with van der Waals surface area (Å²) in [5, 5.41) is 12.9. The second-order valence-corrected chi connectivity index (χ2v) is 9.03. The highest BCUT2D eigenvalue weighted by molar-refractivity contribution is 7.16. The molecule has 2 aliphatic carbocycles. The first-order valence-electron chi connectivity index (χ1n) is 10.8. The molecule has 156 valence electrons. The van der Waals surface area contributed by atoms with Crippen LogP contribution in [0, 0.1) is 11.3 Å². The first-order chi connectivity index (χ1) is 14.8. The molecule has 0 spiro atoms. The summed E-state index contributed by atoms with van der Waals surface area (Å²) in [4.78, 5) is 19.3. The topological polar surface area (TPSA) is 74.5 Å². The fraction of sp³-hybridized carbons (Fsp3) is 0.458. The van der Waals surface area contributed by atoms with Gasteiger partial charge in [0.2, 0.25) is 0 Å². The van der Waals surface area contributed by atoms with Gasteiger partial charge in [-0.25, -0.2) is 4.99 Å². The minimum atomic E-state index is -0.00675. The number of carbonyl (C=O) groups excluding carboxylic acids is 1. The van der Waals surface area contributed by atoms with Gasteiger partial charge in [0.1, 0.15) is 16.8 Å². The van der Waals surface area contributed by atoms with Crippen molar-refractivity contribution in [2.75, 3.05) is 6.61 Å². The number of hydrogen-bond acceptors (Lipinski definition) is 5. The van der Waals surface area contributed by atoms with E-state index in [1.807, 2.05) is 30.3 Å². The molecule has 4 rings (SSSR count). The van der Waals surface area contributed by atoms with Crippen LogP contribution in [0.5, 0.6) is 5.75 Å². The van der Waals surface area contributed by atoms with E-state index in [1.54, 1.807) is 17.6 Å². The maximum Gasteiger partial charge on any atom is 0.254 e. The number of nitrogens with one attached hydrogen (secondary N) is 1. The largest absolute Gasteiger partial charge is 0.478 e. The number of benzene rings is 1. The number of carbonyl (C=O) groups is 1. The summed E-state index contributed by atoms with van der Waals surface area (Å²) in [6.45, 7) is -0.00675. The van der Waals surface area contributed by atoms with Crippen molar-refractivity contribution < 1.29 is 9.53 Å². The molecule has 0 aliphatic heterocycles. The van der Waals surface area contributed by atoms with Crippen molar-refractivity contribution in [1.82, 2.24) is 5.32 Å². The van der Waals surface area contributed by atoms with Gasteiger partial charge in [-0.15, -0.1) is 11.3 Å². The van der Waals surface area contributed by atoms with Gasteiger partial charge in [-0.1, -0.05) is 31.4 Å². The zero-order chi connectivity index (χ0) is 20.8. The molecule has 1 saturated carbocycles. The van der Waals surface area contributed by atoms with Crippen LogP contribution < -0.4 is 10.1 Å². The molecular weight excluding hydrogens is 394 g/mol. The molecule has 0 atom stereocenters. The monoisotopic (exact) mass is 421 g/mol. The predicted molar refractivity (Wildman–Crippen MR) is 120 cm³/mol. The summed E-state index contributed by atoms with van der Waals surface area (Å²) in [6, 6.07) is 9.80. The van der Waals surface area contributed by atoms with Gasteiger partial charge in [0.15, 0.2) is 6.61 Å². The number of hydrogen-bond donors (Lipinski definition) is 1. The van der Waals surface area contributed by atoms with Crippen LogP contribution in [0.4, 0.5) is 5.00 Å². The lowest BCUT2D eigenvalue weighted by atomic mass is 9.93. The second kappa shape index (κ2) is 9.90. The third-order valence-corrected chi connectivity index (χ3v) is 7.05. The summed E-state index contributed by atoms with van der Waals surface area (Å²) in [5.41, 5.74) is 2.77. The molecule has 1 amide bonds. The number of ether oxygens (including phenoxy) is 1.